The Bertz CT molecular complexity index is 2200. The average Bonchev–Trinajstić information content (AvgIpc) is 3.91. The molecule has 6 atom stereocenters. The van der Waals surface area contributed by atoms with Crippen LogP contribution in [0.15, 0.2) is 43.0 Å². The SMILES string of the molecule is CC(C)C[C@@H]1NC(=O)CN(CCC(=O)NCCc2c[nH]c3ccccc23)C(=O)CSC[C@H](C(N)=O)NC(=O)[C@H]([C@@H](C)OP(=O)(O)O)NC(=O)[C@H](CO)NC(=O)[C@H](Cc2cnc[nH]2)NC1=O. The van der Waals surface area contributed by atoms with Crippen LogP contribution in [0.5, 0.6) is 0 Å². The first kappa shape index (κ1) is 51.8. The van der Waals surface area contributed by atoms with E-state index in [4.69, 9.17) is 5.73 Å². The predicted molar refractivity (Wildman–Crippen MR) is 234 cm³/mol. The molecule has 4 rings (SSSR count). The summed E-state index contributed by atoms with van der Waals surface area (Å²) in [4.78, 5) is 138. The number of carbonyl (C=O) groups is 8. The van der Waals surface area contributed by atoms with Crippen LogP contribution in [-0.4, -0.2) is 156 Å². The van der Waals surface area contributed by atoms with E-state index in [0.29, 0.717) is 12.1 Å². The predicted octanol–water partition coefficient (Wildman–Crippen LogP) is -2.80. The zero-order chi connectivity index (χ0) is 47.8. The number of nitrogens with zero attached hydrogens (tertiary/aromatic N) is 2. The Labute approximate surface area is 377 Å². The van der Waals surface area contributed by atoms with Gasteiger partial charge in [-0.1, -0.05) is 32.0 Å². The molecule has 2 aromatic heterocycles. The first-order valence-corrected chi connectivity index (χ1v) is 23.2. The third-order valence-electron chi connectivity index (χ3n) is 10.00. The van der Waals surface area contributed by atoms with Gasteiger partial charge < -0.3 is 67.4 Å². The molecule has 356 valence electrons. The molecular formula is C39H56N11O13PS. The maximum absolute atomic E-state index is 13.9. The topological polar surface area (TPSA) is 369 Å². The normalized spacial score (nSPS) is 22.0. The number of aliphatic hydroxyl groups is 1. The minimum atomic E-state index is -5.31. The lowest BCUT2D eigenvalue weighted by atomic mass is 10.0. The van der Waals surface area contributed by atoms with Gasteiger partial charge in [0, 0.05) is 60.7 Å². The van der Waals surface area contributed by atoms with Crippen molar-refractivity contribution < 1.29 is 62.3 Å². The number of aliphatic hydroxyl groups excluding tert-OH is 1. The van der Waals surface area contributed by atoms with Crippen LogP contribution in [0.25, 0.3) is 10.9 Å². The van der Waals surface area contributed by atoms with Gasteiger partial charge in [-0.15, -0.1) is 11.8 Å². The van der Waals surface area contributed by atoms with Crippen LogP contribution in [0.2, 0.25) is 0 Å². The smallest absolute Gasteiger partial charge is 0.394 e. The standard InChI is InChI=1S/C39H56N11O13PS/c1-21(2)12-27-36(56)46-28(13-24-15-41-20-44-24)37(57)47-29(17-51)38(58)49-34(22(3)63-64(60,61)62)39(59)48-30(35(40)55)18-65-19-33(54)50(16-32(53)45-27)11-9-31(52)42-10-8-23-14-43-26-7-5-4-6-25(23)26/h4-7,14-15,20-22,27-30,34,43,51H,8-13,16-19H2,1-3H3,(H2,40,55)(H,41,44)(H,42,52)(H,45,53)(H,46,56)(H,47,57)(H,48,59)(H,49,58)(H2,60,61,62)/t22-,27+,28+,29+,30-,34+/m1/s1. The molecule has 8 amide bonds. The van der Waals surface area contributed by atoms with Crippen molar-refractivity contribution in [3.8, 4) is 0 Å². The number of hydrogen-bond donors (Lipinski definition) is 12. The number of phosphoric acid groups is 1. The van der Waals surface area contributed by atoms with Crippen molar-refractivity contribution in [2.75, 3.05) is 37.7 Å². The summed E-state index contributed by atoms with van der Waals surface area (Å²) in [6.07, 6.45) is 2.82. The molecule has 3 aromatic rings. The maximum Gasteiger partial charge on any atom is 0.469 e. The highest BCUT2D eigenvalue weighted by Gasteiger charge is 2.37. The van der Waals surface area contributed by atoms with Gasteiger partial charge in [-0.05, 0) is 37.3 Å². The van der Waals surface area contributed by atoms with E-state index >= 15 is 0 Å². The van der Waals surface area contributed by atoms with E-state index in [9.17, 15) is 57.8 Å². The first-order valence-electron chi connectivity index (χ1n) is 20.5. The Balaban J connectivity index is 1.62. The number of nitrogens with two attached hydrogens (primary N) is 1. The summed E-state index contributed by atoms with van der Waals surface area (Å²) in [5.41, 5.74) is 7.84. The number of para-hydroxylation sites is 1. The van der Waals surface area contributed by atoms with E-state index in [-0.39, 0.29) is 44.0 Å². The molecule has 0 bridgehead atoms. The van der Waals surface area contributed by atoms with E-state index in [1.165, 1.54) is 12.5 Å². The summed E-state index contributed by atoms with van der Waals surface area (Å²) >= 11 is 0.803. The van der Waals surface area contributed by atoms with E-state index in [0.717, 1.165) is 40.1 Å². The summed E-state index contributed by atoms with van der Waals surface area (Å²) in [5, 5.41) is 25.9. The number of hydrogen-bond acceptors (Lipinski definition) is 13. The van der Waals surface area contributed by atoms with Crippen molar-refractivity contribution in [2.24, 2.45) is 11.7 Å². The second-order valence-corrected chi connectivity index (χ2v) is 17.8. The first-order chi connectivity index (χ1) is 30.7. The van der Waals surface area contributed by atoms with Crippen molar-refractivity contribution in [1.29, 1.82) is 0 Å². The number of H-pyrrole nitrogens is 2. The van der Waals surface area contributed by atoms with Crippen LogP contribution < -0.4 is 37.6 Å². The maximum atomic E-state index is 13.9. The lowest BCUT2D eigenvalue weighted by Gasteiger charge is -2.28. The van der Waals surface area contributed by atoms with Crippen LogP contribution in [0.3, 0.4) is 0 Å². The molecule has 1 fully saturated rings. The summed E-state index contributed by atoms with van der Waals surface area (Å²) < 4.78 is 16.4. The number of carbonyl (C=O) groups excluding carboxylic acids is 8. The van der Waals surface area contributed by atoms with Gasteiger partial charge in [0.1, 0.15) is 30.2 Å². The monoisotopic (exact) mass is 949 g/mol. The van der Waals surface area contributed by atoms with Crippen molar-refractivity contribution >= 4 is 77.7 Å². The highest BCUT2D eigenvalue weighted by atomic mass is 32.2. The molecule has 13 N–H and O–H groups in total. The number of phosphoric ester groups is 1. The fraction of sp³-hybridized carbons (Fsp3) is 0.513. The van der Waals surface area contributed by atoms with Gasteiger partial charge in [-0.2, -0.15) is 0 Å². The summed E-state index contributed by atoms with van der Waals surface area (Å²) in [7, 11) is -5.31. The van der Waals surface area contributed by atoms with Crippen LogP contribution in [0.1, 0.15) is 44.9 Å². The summed E-state index contributed by atoms with van der Waals surface area (Å²) in [6, 6.07) is -0.444. The molecule has 0 unspecified atom stereocenters. The molecule has 3 heterocycles. The Morgan fingerprint density at radius 1 is 0.954 bits per heavy atom. The van der Waals surface area contributed by atoms with Gasteiger partial charge in [0.25, 0.3) is 0 Å². The summed E-state index contributed by atoms with van der Waals surface area (Å²) in [5.74, 6) is -8.31. The number of primary amides is 1. The van der Waals surface area contributed by atoms with E-state index in [2.05, 4.69) is 51.4 Å². The molecule has 0 spiro atoms. The molecule has 1 aliphatic rings. The molecule has 0 saturated carbocycles. The molecule has 24 nitrogen and oxygen atoms in total. The van der Waals surface area contributed by atoms with Gasteiger partial charge in [-0.3, -0.25) is 42.9 Å². The lowest BCUT2D eigenvalue weighted by molar-refractivity contribution is -0.137. The molecule has 1 aliphatic heterocycles. The molecule has 1 aromatic carbocycles. The molecule has 1 saturated heterocycles. The minimum Gasteiger partial charge on any atom is -0.394 e. The van der Waals surface area contributed by atoms with Gasteiger partial charge in [0.15, 0.2) is 0 Å². The molecule has 0 radical (unpaired) electrons. The quantitative estimate of drug-likeness (QED) is 0.0685. The van der Waals surface area contributed by atoms with Gasteiger partial charge in [0.05, 0.1) is 31.3 Å². The number of imidazole rings is 1. The third-order valence-corrected chi connectivity index (χ3v) is 11.6. The van der Waals surface area contributed by atoms with Gasteiger partial charge in [0.2, 0.25) is 47.3 Å². The van der Waals surface area contributed by atoms with Crippen molar-refractivity contribution in [2.45, 2.75) is 82.8 Å². The third kappa shape index (κ3) is 16.6. The van der Waals surface area contributed by atoms with E-state index in [1.807, 2.05) is 30.5 Å². The zero-order valence-electron chi connectivity index (χ0n) is 35.9. The summed E-state index contributed by atoms with van der Waals surface area (Å²) in [6.45, 7) is 2.89. The average molecular weight is 950 g/mol. The van der Waals surface area contributed by atoms with E-state index in [1.54, 1.807) is 13.8 Å². The Morgan fingerprint density at radius 2 is 1.65 bits per heavy atom. The molecule has 0 aliphatic carbocycles. The highest BCUT2D eigenvalue weighted by molar-refractivity contribution is 8.00. The number of aromatic amines is 2. The fourth-order valence-corrected chi connectivity index (χ4v) is 8.22. The number of aromatic nitrogens is 3. The Hall–Kier alpha value is -5.85. The molecule has 65 heavy (non-hydrogen) atoms. The van der Waals surface area contributed by atoms with Crippen molar-refractivity contribution in [3.05, 3.63) is 54.2 Å². The Morgan fingerprint density at radius 3 is 2.31 bits per heavy atom. The zero-order valence-corrected chi connectivity index (χ0v) is 37.6. The number of thioether (sulfide) groups is 1. The fourth-order valence-electron chi connectivity index (χ4n) is 6.71. The number of fused-ring (bicyclic) bond motifs is 1. The largest absolute Gasteiger partial charge is 0.469 e. The highest BCUT2D eigenvalue weighted by Crippen LogP contribution is 2.38. The number of benzene rings is 1. The van der Waals surface area contributed by atoms with Crippen LogP contribution in [0.4, 0.5) is 0 Å². The van der Waals surface area contributed by atoms with Crippen molar-refractivity contribution in [3.63, 3.8) is 0 Å². The number of rotatable bonds is 15. The Kier molecular flexibility index (Phi) is 19.5. The molecule has 26 heteroatoms. The number of nitrogens with one attached hydrogen (secondary N) is 8. The second kappa shape index (κ2) is 24.4. The lowest BCUT2D eigenvalue weighted by Crippen LogP contribution is -2.62. The van der Waals surface area contributed by atoms with Crippen LogP contribution >= 0.6 is 19.6 Å². The molecular weight excluding hydrogens is 894 g/mol. The van der Waals surface area contributed by atoms with Gasteiger partial charge >= 0.3 is 7.82 Å². The minimum absolute atomic E-state index is 0.0616. The van der Waals surface area contributed by atoms with Crippen LogP contribution in [-0.2, 0) is 60.3 Å². The second-order valence-electron chi connectivity index (χ2n) is 15.6. The van der Waals surface area contributed by atoms with Crippen molar-refractivity contribution in [1.82, 2.24) is 51.8 Å². The number of amides is 8. The van der Waals surface area contributed by atoms with E-state index < -0.39 is 110 Å². The van der Waals surface area contributed by atoms with Crippen LogP contribution in [0, 0.1) is 5.92 Å². The van der Waals surface area contributed by atoms with Gasteiger partial charge in [-0.25, -0.2) is 9.55 Å².